The molecular formula is C25H23F2N5O3. The molecule has 4 rings (SSSR count). The second kappa shape index (κ2) is 10.7. The number of anilines is 2. The summed E-state index contributed by atoms with van der Waals surface area (Å²) in [6, 6.07) is 17.1. The van der Waals surface area contributed by atoms with Crippen molar-refractivity contribution >= 4 is 17.4 Å². The number of aryl methyl sites for hydroxylation is 1. The number of aromatic nitrogens is 3. The normalized spacial score (nSPS) is 10.7. The van der Waals surface area contributed by atoms with Crippen molar-refractivity contribution in [3.63, 3.8) is 0 Å². The van der Waals surface area contributed by atoms with E-state index in [1.54, 1.807) is 36.1 Å². The van der Waals surface area contributed by atoms with E-state index in [1.807, 2.05) is 31.2 Å². The summed E-state index contributed by atoms with van der Waals surface area (Å²) < 4.78 is 39.1. The van der Waals surface area contributed by atoms with Crippen molar-refractivity contribution in [2.75, 3.05) is 31.0 Å². The number of hydrogen-bond donors (Lipinski definition) is 2. The predicted molar refractivity (Wildman–Crippen MR) is 128 cm³/mol. The van der Waals surface area contributed by atoms with Gasteiger partial charge in [-0.05, 0) is 48.9 Å². The Morgan fingerprint density at radius 2 is 1.77 bits per heavy atom. The first-order valence-electron chi connectivity index (χ1n) is 10.7. The van der Waals surface area contributed by atoms with Crippen LogP contribution in [-0.4, -0.2) is 41.1 Å². The first-order valence-corrected chi connectivity index (χ1v) is 10.7. The number of halogens is 2. The van der Waals surface area contributed by atoms with Gasteiger partial charge in [0.25, 0.3) is 0 Å². The zero-order valence-electron chi connectivity index (χ0n) is 19.1. The molecule has 0 aliphatic rings. The third-order valence-electron chi connectivity index (χ3n) is 5.04. The molecule has 4 aromatic rings. The Balaban J connectivity index is 1.54. The number of ether oxygens (including phenoxy) is 2. The van der Waals surface area contributed by atoms with Crippen LogP contribution in [0.25, 0.3) is 17.1 Å². The van der Waals surface area contributed by atoms with Gasteiger partial charge in [-0.25, -0.2) is 18.3 Å². The maximum Gasteiger partial charge on any atom is 0.336 e. The van der Waals surface area contributed by atoms with Gasteiger partial charge in [-0.3, -0.25) is 0 Å². The largest absolute Gasteiger partial charge is 0.460 e. The number of amides is 2. The molecule has 2 amide bonds. The first kappa shape index (κ1) is 23.8. The highest BCUT2D eigenvalue weighted by Crippen LogP contribution is 2.27. The molecule has 0 spiro atoms. The minimum absolute atomic E-state index is 0.132. The van der Waals surface area contributed by atoms with E-state index in [4.69, 9.17) is 9.47 Å². The van der Waals surface area contributed by atoms with Crippen molar-refractivity contribution in [3.8, 4) is 23.1 Å². The average molecular weight is 479 g/mol. The van der Waals surface area contributed by atoms with Crippen LogP contribution < -0.4 is 15.4 Å². The average Bonchev–Trinajstić information content (AvgIpc) is 3.26. The van der Waals surface area contributed by atoms with Gasteiger partial charge in [0.1, 0.15) is 18.2 Å². The van der Waals surface area contributed by atoms with Crippen LogP contribution in [0.5, 0.6) is 6.01 Å². The van der Waals surface area contributed by atoms with Crippen LogP contribution in [0, 0.1) is 18.6 Å². The number of urea groups is 1. The first-order chi connectivity index (χ1) is 16.9. The van der Waals surface area contributed by atoms with E-state index in [-0.39, 0.29) is 11.7 Å². The van der Waals surface area contributed by atoms with Crippen LogP contribution in [0.4, 0.5) is 25.0 Å². The fourth-order valence-corrected chi connectivity index (χ4v) is 3.31. The summed E-state index contributed by atoms with van der Waals surface area (Å²) in [7, 11) is 1.58. The maximum atomic E-state index is 13.8. The Morgan fingerprint density at radius 1 is 1.00 bits per heavy atom. The SMILES string of the molecule is COCCOc1nc(-c2ccccc2C)n(-c2ccc(NC(=O)Nc3ccc(F)cc3F)cc2)n1. The van der Waals surface area contributed by atoms with Crippen LogP contribution in [0.2, 0.25) is 0 Å². The number of nitrogens with zero attached hydrogens (tertiary/aromatic N) is 3. The highest BCUT2D eigenvalue weighted by Gasteiger charge is 2.16. The van der Waals surface area contributed by atoms with Crippen molar-refractivity contribution in [1.29, 1.82) is 0 Å². The van der Waals surface area contributed by atoms with E-state index in [0.717, 1.165) is 23.3 Å². The van der Waals surface area contributed by atoms with E-state index in [1.165, 1.54) is 0 Å². The smallest absolute Gasteiger partial charge is 0.336 e. The number of carbonyl (C=O) groups is 1. The van der Waals surface area contributed by atoms with Crippen LogP contribution in [0.1, 0.15) is 5.56 Å². The Bertz CT molecular complexity index is 1330. The molecule has 10 heteroatoms. The van der Waals surface area contributed by atoms with Gasteiger partial charge in [0, 0.05) is 24.4 Å². The standard InChI is InChI=1S/C25H23F2N5O3/c1-16-5-3-4-6-20(16)23-30-25(35-14-13-34-2)31-32(23)19-10-8-18(9-11-19)28-24(33)29-22-12-7-17(26)15-21(22)27/h3-12,15H,13-14H2,1-2H3,(H2,28,29,33). The van der Waals surface area contributed by atoms with Gasteiger partial charge in [0.05, 0.1) is 18.0 Å². The Kier molecular flexibility index (Phi) is 7.32. The van der Waals surface area contributed by atoms with Gasteiger partial charge in [0.15, 0.2) is 5.82 Å². The van der Waals surface area contributed by atoms with Crippen molar-refractivity contribution in [3.05, 3.63) is 83.9 Å². The molecule has 35 heavy (non-hydrogen) atoms. The predicted octanol–water partition coefficient (Wildman–Crippen LogP) is 5.19. The van der Waals surface area contributed by atoms with Crippen LogP contribution >= 0.6 is 0 Å². The van der Waals surface area contributed by atoms with Crippen molar-refractivity contribution < 1.29 is 23.0 Å². The Labute approximate surface area is 200 Å². The van der Waals surface area contributed by atoms with E-state index in [9.17, 15) is 13.6 Å². The highest BCUT2D eigenvalue weighted by atomic mass is 19.1. The molecule has 0 aliphatic heterocycles. The molecule has 1 aromatic heterocycles. The number of hydrogen-bond acceptors (Lipinski definition) is 5. The minimum atomic E-state index is -0.867. The molecular weight excluding hydrogens is 456 g/mol. The fraction of sp³-hybridized carbons (Fsp3) is 0.160. The van der Waals surface area contributed by atoms with Crippen molar-refractivity contribution in [1.82, 2.24) is 14.8 Å². The van der Waals surface area contributed by atoms with E-state index >= 15 is 0 Å². The molecule has 2 N–H and O–H groups in total. The fourth-order valence-electron chi connectivity index (χ4n) is 3.31. The second-order valence-corrected chi connectivity index (χ2v) is 7.54. The molecule has 3 aromatic carbocycles. The Hall–Kier alpha value is -4.31. The van der Waals surface area contributed by atoms with Gasteiger partial charge < -0.3 is 20.1 Å². The zero-order valence-corrected chi connectivity index (χ0v) is 19.1. The number of nitrogens with one attached hydrogen (secondary N) is 2. The molecule has 1 heterocycles. The van der Waals surface area contributed by atoms with Gasteiger partial charge >= 0.3 is 12.0 Å². The minimum Gasteiger partial charge on any atom is -0.460 e. The van der Waals surface area contributed by atoms with E-state index in [0.29, 0.717) is 36.5 Å². The third-order valence-corrected chi connectivity index (χ3v) is 5.04. The van der Waals surface area contributed by atoms with Gasteiger partial charge in [-0.2, -0.15) is 4.98 Å². The quantitative estimate of drug-likeness (QED) is 0.340. The summed E-state index contributed by atoms with van der Waals surface area (Å²) in [6.45, 7) is 2.69. The lowest BCUT2D eigenvalue weighted by Gasteiger charge is -2.10. The zero-order chi connectivity index (χ0) is 24.8. The summed E-state index contributed by atoms with van der Waals surface area (Å²) in [5.41, 5.74) is 2.93. The van der Waals surface area contributed by atoms with E-state index in [2.05, 4.69) is 20.7 Å². The summed E-state index contributed by atoms with van der Waals surface area (Å²) in [6.07, 6.45) is 0. The third kappa shape index (κ3) is 5.79. The molecule has 0 atom stereocenters. The molecule has 0 aliphatic carbocycles. The number of carbonyl (C=O) groups excluding carboxylic acids is 1. The summed E-state index contributed by atoms with van der Waals surface area (Å²) in [4.78, 5) is 16.8. The number of benzene rings is 3. The molecule has 180 valence electrons. The second-order valence-electron chi connectivity index (χ2n) is 7.54. The summed E-state index contributed by atoms with van der Waals surface area (Å²) in [5, 5.41) is 9.45. The Morgan fingerprint density at radius 3 is 2.49 bits per heavy atom. The molecule has 0 unspecified atom stereocenters. The molecule has 0 bridgehead atoms. The van der Waals surface area contributed by atoms with Crippen molar-refractivity contribution in [2.45, 2.75) is 6.92 Å². The molecule has 0 saturated heterocycles. The van der Waals surface area contributed by atoms with Crippen LogP contribution in [-0.2, 0) is 4.74 Å². The molecule has 0 radical (unpaired) electrons. The topological polar surface area (TPSA) is 90.3 Å². The summed E-state index contributed by atoms with van der Waals surface area (Å²) in [5.74, 6) is -0.996. The van der Waals surface area contributed by atoms with Crippen molar-refractivity contribution in [2.24, 2.45) is 0 Å². The summed E-state index contributed by atoms with van der Waals surface area (Å²) >= 11 is 0. The monoisotopic (exact) mass is 479 g/mol. The van der Waals surface area contributed by atoms with Crippen LogP contribution in [0.15, 0.2) is 66.7 Å². The lowest BCUT2D eigenvalue weighted by molar-refractivity contribution is 0.141. The maximum absolute atomic E-state index is 13.8. The molecule has 0 saturated carbocycles. The molecule has 8 nitrogen and oxygen atoms in total. The van der Waals surface area contributed by atoms with Gasteiger partial charge in [-0.15, -0.1) is 5.10 Å². The van der Waals surface area contributed by atoms with E-state index < -0.39 is 17.7 Å². The lowest BCUT2D eigenvalue weighted by Crippen LogP contribution is -2.20. The molecule has 0 fully saturated rings. The van der Waals surface area contributed by atoms with Gasteiger partial charge in [-0.1, -0.05) is 24.3 Å². The highest BCUT2D eigenvalue weighted by molar-refractivity contribution is 5.99. The number of rotatable bonds is 8. The van der Waals surface area contributed by atoms with Crippen LogP contribution in [0.3, 0.4) is 0 Å². The number of methoxy groups -OCH3 is 1. The van der Waals surface area contributed by atoms with Gasteiger partial charge in [0.2, 0.25) is 0 Å². The lowest BCUT2D eigenvalue weighted by atomic mass is 10.1.